The molecule has 2 amide bonds. The first-order chi connectivity index (χ1) is 22.3. The van der Waals surface area contributed by atoms with E-state index in [-0.39, 0.29) is 52.5 Å². The SMILES string of the molecule is CC(=O)N1CCC2(CC1)CC(CN1C(=O)c3cccc(c3)S(=O)(=O)Nc3nc(cc(-c4c(C)cccc4C)n3)OC[C@H]1CC(C)C)C2. The minimum Gasteiger partial charge on any atom is -0.475 e. The monoisotopic (exact) mass is 659 g/mol. The number of piperidine rings is 1. The van der Waals surface area contributed by atoms with Crippen LogP contribution in [0.25, 0.3) is 11.3 Å². The fourth-order valence-electron chi connectivity index (χ4n) is 7.72. The number of ether oxygens (including phenoxy) is 1. The van der Waals surface area contributed by atoms with E-state index >= 15 is 0 Å². The molecule has 3 aromatic rings. The minimum absolute atomic E-state index is 0.0358. The molecule has 2 aromatic carbocycles. The normalized spacial score (nSPS) is 20.8. The lowest BCUT2D eigenvalue weighted by Gasteiger charge is -2.53. The van der Waals surface area contributed by atoms with E-state index in [1.165, 1.54) is 12.1 Å². The van der Waals surface area contributed by atoms with Gasteiger partial charge in [-0.15, -0.1) is 0 Å². The number of sulfonamides is 1. The molecule has 1 atom stereocenters. The smallest absolute Gasteiger partial charge is 0.264 e. The van der Waals surface area contributed by atoms with Gasteiger partial charge in [0.15, 0.2) is 0 Å². The molecule has 1 saturated carbocycles. The van der Waals surface area contributed by atoms with Crippen molar-refractivity contribution in [3.05, 3.63) is 65.2 Å². The van der Waals surface area contributed by atoms with Crippen LogP contribution in [0.15, 0.2) is 53.4 Å². The summed E-state index contributed by atoms with van der Waals surface area (Å²) >= 11 is 0. The fraction of sp³-hybridized carbons (Fsp3) is 0.500. The maximum atomic E-state index is 14.4. The van der Waals surface area contributed by atoms with Gasteiger partial charge in [-0.2, -0.15) is 4.98 Å². The first-order valence-corrected chi connectivity index (χ1v) is 18.1. The van der Waals surface area contributed by atoms with E-state index in [1.54, 1.807) is 25.1 Å². The number of benzene rings is 2. The van der Waals surface area contributed by atoms with Crippen LogP contribution in [0.5, 0.6) is 5.88 Å². The van der Waals surface area contributed by atoms with Crippen molar-refractivity contribution in [1.29, 1.82) is 0 Å². The zero-order chi connectivity index (χ0) is 33.5. The van der Waals surface area contributed by atoms with Crippen molar-refractivity contribution in [2.45, 2.75) is 77.7 Å². The summed E-state index contributed by atoms with van der Waals surface area (Å²) in [5.74, 6) is 0.647. The number of aryl methyl sites for hydroxylation is 2. The summed E-state index contributed by atoms with van der Waals surface area (Å²) < 4.78 is 36.2. The lowest BCUT2D eigenvalue weighted by Crippen LogP contribution is -2.53. The molecule has 1 N–H and O–H groups in total. The molecule has 1 aliphatic carbocycles. The number of fused-ring (bicyclic) bond motifs is 4. The Morgan fingerprint density at radius 1 is 1.04 bits per heavy atom. The molecule has 3 heterocycles. The lowest BCUT2D eigenvalue weighted by atomic mass is 9.57. The first-order valence-electron chi connectivity index (χ1n) is 16.6. The van der Waals surface area contributed by atoms with Crippen LogP contribution in [0.3, 0.4) is 0 Å². The topological polar surface area (TPSA) is 122 Å². The molecule has 6 rings (SSSR count). The van der Waals surface area contributed by atoms with Crippen LogP contribution in [0.4, 0.5) is 5.95 Å². The minimum atomic E-state index is -4.13. The van der Waals surface area contributed by atoms with Gasteiger partial charge in [-0.3, -0.25) is 9.59 Å². The van der Waals surface area contributed by atoms with Crippen LogP contribution in [0.2, 0.25) is 0 Å². The second-order valence-electron chi connectivity index (χ2n) is 14.1. The van der Waals surface area contributed by atoms with E-state index in [9.17, 15) is 18.0 Å². The molecule has 47 heavy (non-hydrogen) atoms. The standard InChI is InChI=1S/C36H45N5O5S/c1-23(2)16-29-22-46-32-18-31(33-24(3)8-6-9-25(33)4)37-35(38-32)39-47(44,45)30-11-7-10-28(17-30)34(43)41(29)21-27-19-36(20-27)12-14-40(15-13-36)26(5)42/h6-11,17-18,23,27,29H,12-16,19-22H2,1-5H3,(H,37,38,39)/t29-/m1/s1. The number of hydrogen-bond donors (Lipinski definition) is 1. The number of nitrogens with zero attached hydrogens (tertiary/aromatic N) is 4. The Hall–Kier alpha value is -3.99. The van der Waals surface area contributed by atoms with Gasteiger partial charge in [-0.05, 0) is 92.5 Å². The number of hydrogen-bond acceptors (Lipinski definition) is 7. The Labute approximate surface area is 278 Å². The first kappa shape index (κ1) is 32.9. The molecular weight excluding hydrogens is 614 g/mol. The largest absolute Gasteiger partial charge is 0.475 e. The Morgan fingerprint density at radius 3 is 2.38 bits per heavy atom. The molecule has 1 spiro atoms. The highest BCUT2D eigenvalue weighted by molar-refractivity contribution is 7.92. The summed E-state index contributed by atoms with van der Waals surface area (Å²) in [7, 11) is -4.13. The summed E-state index contributed by atoms with van der Waals surface area (Å²) in [5.41, 5.74) is 3.96. The van der Waals surface area contributed by atoms with Gasteiger partial charge in [-0.1, -0.05) is 38.1 Å². The van der Waals surface area contributed by atoms with Crippen molar-refractivity contribution >= 4 is 27.8 Å². The van der Waals surface area contributed by atoms with Gasteiger partial charge in [0.2, 0.25) is 17.7 Å². The zero-order valence-corrected chi connectivity index (χ0v) is 28.8. The number of likely N-dealkylation sites (tertiary alicyclic amines) is 1. The molecule has 11 heteroatoms. The summed E-state index contributed by atoms with van der Waals surface area (Å²) in [6.07, 6.45) is 4.69. The summed E-state index contributed by atoms with van der Waals surface area (Å²) in [5, 5.41) is 0. The van der Waals surface area contributed by atoms with Crippen LogP contribution >= 0.6 is 0 Å². The third-order valence-electron chi connectivity index (χ3n) is 10.1. The molecule has 2 aliphatic heterocycles. The van der Waals surface area contributed by atoms with E-state index in [1.807, 2.05) is 41.8 Å². The van der Waals surface area contributed by atoms with Gasteiger partial charge in [0.1, 0.15) is 6.61 Å². The van der Waals surface area contributed by atoms with Crippen molar-refractivity contribution in [2.75, 3.05) is 31.0 Å². The molecule has 1 aromatic heterocycles. The van der Waals surface area contributed by atoms with Crippen molar-refractivity contribution in [1.82, 2.24) is 19.8 Å². The van der Waals surface area contributed by atoms with Gasteiger partial charge in [0.25, 0.3) is 15.9 Å². The van der Waals surface area contributed by atoms with Crippen LogP contribution in [0, 0.1) is 31.1 Å². The molecular formula is C36H45N5O5S. The average molecular weight is 660 g/mol. The molecule has 3 aliphatic rings. The molecule has 10 nitrogen and oxygen atoms in total. The quantitative estimate of drug-likeness (QED) is 0.365. The van der Waals surface area contributed by atoms with Crippen molar-refractivity contribution in [3.8, 4) is 17.1 Å². The van der Waals surface area contributed by atoms with Crippen LogP contribution in [0.1, 0.15) is 74.4 Å². The van der Waals surface area contributed by atoms with Gasteiger partial charge >= 0.3 is 0 Å². The molecule has 4 bridgehead atoms. The highest BCUT2D eigenvalue weighted by Crippen LogP contribution is 2.53. The molecule has 1 saturated heterocycles. The number of aromatic nitrogens is 2. The van der Waals surface area contributed by atoms with E-state index in [4.69, 9.17) is 4.74 Å². The third kappa shape index (κ3) is 7.00. The maximum Gasteiger partial charge on any atom is 0.264 e. The number of nitrogens with one attached hydrogen (secondary N) is 1. The average Bonchev–Trinajstić information content (AvgIpc) is 3.00. The van der Waals surface area contributed by atoms with E-state index in [0.29, 0.717) is 30.1 Å². The number of carbonyl (C=O) groups is 2. The van der Waals surface area contributed by atoms with Gasteiger partial charge in [-0.25, -0.2) is 18.1 Å². The maximum absolute atomic E-state index is 14.4. The van der Waals surface area contributed by atoms with Crippen molar-refractivity contribution in [3.63, 3.8) is 0 Å². The molecule has 250 valence electrons. The van der Waals surface area contributed by atoms with E-state index < -0.39 is 10.0 Å². The molecule has 0 radical (unpaired) electrons. The number of carbonyl (C=O) groups excluding carboxylic acids is 2. The fourth-order valence-corrected chi connectivity index (χ4v) is 8.71. The number of amides is 2. The Kier molecular flexibility index (Phi) is 9.04. The highest BCUT2D eigenvalue weighted by Gasteiger charge is 2.47. The number of rotatable bonds is 5. The van der Waals surface area contributed by atoms with Crippen molar-refractivity contribution in [2.24, 2.45) is 17.3 Å². The molecule has 0 unspecified atom stereocenters. The van der Waals surface area contributed by atoms with Crippen LogP contribution in [-0.4, -0.2) is 72.3 Å². The van der Waals surface area contributed by atoms with Crippen molar-refractivity contribution < 1.29 is 22.7 Å². The van der Waals surface area contributed by atoms with E-state index in [2.05, 4.69) is 28.5 Å². The van der Waals surface area contributed by atoms with Gasteiger partial charge in [0, 0.05) is 43.8 Å². The highest BCUT2D eigenvalue weighted by atomic mass is 32.2. The predicted octanol–water partition coefficient (Wildman–Crippen LogP) is 5.85. The Balaban J connectivity index is 1.36. The summed E-state index contributed by atoms with van der Waals surface area (Å²) in [6, 6.07) is 13.6. The van der Waals surface area contributed by atoms with Gasteiger partial charge in [0.05, 0.1) is 16.6 Å². The van der Waals surface area contributed by atoms with E-state index in [0.717, 1.165) is 55.5 Å². The third-order valence-corrected chi connectivity index (χ3v) is 11.4. The van der Waals surface area contributed by atoms with Crippen LogP contribution < -0.4 is 9.46 Å². The summed E-state index contributed by atoms with van der Waals surface area (Å²) in [4.78, 5) is 39.2. The molecule has 2 fully saturated rings. The lowest BCUT2D eigenvalue weighted by molar-refractivity contribution is -0.133. The number of anilines is 1. The second-order valence-corrected chi connectivity index (χ2v) is 15.8. The predicted molar refractivity (Wildman–Crippen MR) is 181 cm³/mol. The van der Waals surface area contributed by atoms with Crippen LogP contribution in [-0.2, 0) is 14.8 Å². The Bertz CT molecular complexity index is 1760. The summed E-state index contributed by atoms with van der Waals surface area (Å²) in [6.45, 7) is 12.2. The second kappa shape index (κ2) is 12.9. The Morgan fingerprint density at radius 2 is 1.72 bits per heavy atom. The van der Waals surface area contributed by atoms with Gasteiger partial charge < -0.3 is 14.5 Å². The zero-order valence-electron chi connectivity index (χ0n) is 28.0.